The molecule has 0 amide bonds. The molecule has 0 aromatic carbocycles. The van der Waals surface area contributed by atoms with Crippen LogP contribution in [0.2, 0.25) is 0 Å². The number of hydrogen-bond acceptors (Lipinski definition) is 1. The van der Waals surface area contributed by atoms with Gasteiger partial charge in [-0.05, 0) is 37.6 Å². The van der Waals surface area contributed by atoms with Crippen molar-refractivity contribution in [2.24, 2.45) is 11.3 Å². The summed E-state index contributed by atoms with van der Waals surface area (Å²) in [5, 5.41) is 0. The second-order valence-corrected chi connectivity index (χ2v) is 6.06. The molecule has 1 unspecified atom stereocenters. The molecule has 90 valence electrons. The van der Waals surface area contributed by atoms with Crippen LogP contribution in [0.1, 0.15) is 60.3 Å². The predicted molar refractivity (Wildman–Crippen MR) is 68.1 cm³/mol. The van der Waals surface area contributed by atoms with Crippen molar-refractivity contribution in [1.29, 1.82) is 0 Å². The molecule has 1 heteroatoms. The maximum absolute atomic E-state index is 2.72. The Balaban J connectivity index is 2.55. The van der Waals surface area contributed by atoms with Crippen molar-refractivity contribution in [3.05, 3.63) is 0 Å². The molecule has 1 aliphatic rings. The van der Waals surface area contributed by atoms with E-state index in [1.165, 1.54) is 38.8 Å². The van der Waals surface area contributed by atoms with E-state index in [0.717, 1.165) is 12.0 Å². The highest BCUT2D eigenvalue weighted by atomic mass is 15.2. The van der Waals surface area contributed by atoms with Crippen molar-refractivity contribution < 1.29 is 0 Å². The van der Waals surface area contributed by atoms with Gasteiger partial charge in [-0.1, -0.05) is 40.5 Å². The minimum atomic E-state index is 0.540. The van der Waals surface area contributed by atoms with Crippen LogP contribution < -0.4 is 0 Å². The highest BCUT2D eigenvalue weighted by Gasteiger charge is 2.30. The van der Waals surface area contributed by atoms with Crippen LogP contribution in [0.4, 0.5) is 0 Å². The van der Waals surface area contributed by atoms with Crippen LogP contribution in [0, 0.1) is 11.3 Å². The van der Waals surface area contributed by atoms with E-state index in [2.05, 4.69) is 39.5 Å². The van der Waals surface area contributed by atoms with Gasteiger partial charge in [-0.25, -0.2) is 0 Å². The molecule has 0 bridgehead atoms. The second-order valence-electron chi connectivity index (χ2n) is 6.06. The predicted octanol–water partition coefficient (Wildman–Crippen LogP) is 3.93. The molecule has 0 aromatic heterocycles. The molecule has 1 atom stereocenters. The van der Waals surface area contributed by atoms with Crippen LogP contribution >= 0.6 is 0 Å². The molecule has 1 rings (SSSR count). The fourth-order valence-electron chi connectivity index (χ4n) is 3.09. The van der Waals surface area contributed by atoms with E-state index < -0.39 is 0 Å². The van der Waals surface area contributed by atoms with Gasteiger partial charge in [0.15, 0.2) is 0 Å². The number of likely N-dealkylation sites (tertiary alicyclic amines) is 1. The van der Waals surface area contributed by atoms with Crippen LogP contribution in [0.25, 0.3) is 0 Å². The normalized spacial score (nSPS) is 24.4. The van der Waals surface area contributed by atoms with Crippen molar-refractivity contribution in [2.45, 2.75) is 66.3 Å². The van der Waals surface area contributed by atoms with Gasteiger partial charge in [0.25, 0.3) is 0 Å². The van der Waals surface area contributed by atoms with E-state index in [0.29, 0.717) is 5.41 Å². The van der Waals surface area contributed by atoms with E-state index in [9.17, 15) is 0 Å². The molecule has 0 aliphatic carbocycles. The Morgan fingerprint density at radius 2 is 1.80 bits per heavy atom. The lowest BCUT2D eigenvalue weighted by Crippen LogP contribution is -2.47. The molecule has 1 aliphatic heterocycles. The van der Waals surface area contributed by atoms with Gasteiger partial charge in [-0.3, -0.25) is 4.90 Å². The van der Waals surface area contributed by atoms with Crippen LogP contribution in [0.15, 0.2) is 0 Å². The standard InChI is InChI=1S/C14H29N/c1-6-13(7-2)12(3)15-10-8-9-14(4,5)11-15/h12-13H,6-11H2,1-5H3. The molecule has 0 spiro atoms. The number of nitrogens with zero attached hydrogens (tertiary/aromatic N) is 1. The largest absolute Gasteiger partial charge is 0.300 e. The van der Waals surface area contributed by atoms with Crippen molar-refractivity contribution in [2.75, 3.05) is 13.1 Å². The molecular weight excluding hydrogens is 182 g/mol. The molecule has 1 heterocycles. The zero-order valence-corrected chi connectivity index (χ0v) is 11.3. The SMILES string of the molecule is CCC(CC)C(C)N1CCCC(C)(C)C1. The lowest BCUT2D eigenvalue weighted by Gasteiger charge is -2.43. The third-order valence-electron chi connectivity index (χ3n) is 4.24. The third-order valence-corrected chi connectivity index (χ3v) is 4.24. The summed E-state index contributed by atoms with van der Waals surface area (Å²) in [5.74, 6) is 0.888. The second kappa shape index (κ2) is 5.34. The lowest BCUT2D eigenvalue weighted by molar-refractivity contribution is 0.0575. The highest BCUT2D eigenvalue weighted by Crippen LogP contribution is 2.31. The monoisotopic (exact) mass is 211 g/mol. The minimum absolute atomic E-state index is 0.540. The summed E-state index contributed by atoms with van der Waals surface area (Å²) in [4.78, 5) is 2.72. The Kier molecular flexibility index (Phi) is 4.64. The van der Waals surface area contributed by atoms with Gasteiger partial charge in [0.2, 0.25) is 0 Å². The summed E-state index contributed by atoms with van der Waals surface area (Å²) in [6, 6.07) is 0.777. The fourth-order valence-corrected chi connectivity index (χ4v) is 3.09. The van der Waals surface area contributed by atoms with Gasteiger partial charge in [-0.2, -0.15) is 0 Å². The molecule has 1 saturated heterocycles. The van der Waals surface area contributed by atoms with Crippen LogP contribution in [-0.2, 0) is 0 Å². The summed E-state index contributed by atoms with van der Waals surface area (Å²) >= 11 is 0. The molecule has 0 aromatic rings. The Bertz CT molecular complexity index is 182. The summed E-state index contributed by atoms with van der Waals surface area (Å²) in [6.07, 6.45) is 5.44. The van der Waals surface area contributed by atoms with E-state index in [1.54, 1.807) is 0 Å². The summed E-state index contributed by atoms with van der Waals surface area (Å²) < 4.78 is 0. The van der Waals surface area contributed by atoms with Crippen molar-refractivity contribution >= 4 is 0 Å². The summed E-state index contributed by atoms with van der Waals surface area (Å²) in [5.41, 5.74) is 0.540. The fraction of sp³-hybridized carbons (Fsp3) is 1.00. The lowest BCUT2D eigenvalue weighted by atomic mass is 9.82. The maximum atomic E-state index is 2.72. The topological polar surface area (TPSA) is 3.24 Å². The molecule has 0 N–H and O–H groups in total. The van der Waals surface area contributed by atoms with Gasteiger partial charge in [0, 0.05) is 12.6 Å². The molecule has 0 radical (unpaired) electrons. The summed E-state index contributed by atoms with van der Waals surface area (Å²) in [6.45, 7) is 14.5. The smallest absolute Gasteiger partial charge is 0.00952 e. The van der Waals surface area contributed by atoms with Gasteiger partial charge >= 0.3 is 0 Å². The average Bonchev–Trinajstić information content (AvgIpc) is 2.18. The molecule has 15 heavy (non-hydrogen) atoms. The van der Waals surface area contributed by atoms with Gasteiger partial charge < -0.3 is 0 Å². The first-order chi connectivity index (χ1) is 7.00. The average molecular weight is 211 g/mol. The quantitative estimate of drug-likeness (QED) is 0.681. The molecule has 1 nitrogen and oxygen atoms in total. The van der Waals surface area contributed by atoms with Crippen molar-refractivity contribution in [3.8, 4) is 0 Å². The zero-order valence-electron chi connectivity index (χ0n) is 11.3. The number of piperidine rings is 1. The highest BCUT2D eigenvalue weighted by molar-refractivity contribution is 4.84. The zero-order chi connectivity index (χ0) is 11.5. The van der Waals surface area contributed by atoms with E-state index >= 15 is 0 Å². The van der Waals surface area contributed by atoms with Crippen LogP contribution in [-0.4, -0.2) is 24.0 Å². The molecule has 0 saturated carbocycles. The molecular formula is C14H29N. The van der Waals surface area contributed by atoms with Crippen molar-refractivity contribution in [3.63, 3.8) is 0 Å². The maximum Gasteiger partial charge on any atom is 0.00952 e. The number of hydrogen-bond donors (Lipinski definition) is 0. The van der Waals surface area contributed by atoms with E-state index in [4.69, 9.17) is 0 Å². The first-order valence-corrected chi connectivity index (χ1v) is 6.74. The van der Waals surface area contributed by atoms with Crippen LogP contribution in [0.5, 0.6) is 0 Å². The number of rotatable bonds is 4. The van der Waals surface area contributed by atoms with Gasteiger partial charge in [0.1, 0.15) is 0 Å². The summed E-state index contributed by atoms with van der Waals surface area (Å²) in [7, 11) is 0. The van der Waals surface area contributed by atoms with Crippen LogP contribution in [0.3, 0.4) is 0 Å². The Morgan fingerprint density at radius 1 is 1.20 bits per heavy atom. The first-order valence-electron chi connectivity index (χ1n) is 6.74. The Labute approximate surface area is 96.2 Å². The molecule has 1 fully saturated rings. The van der Waals surface area contributed by atoms with Gasteiger partial charge in [0.05, 0.1) is 0 Å². The van der Waals surface area contributed by atoms with Crippen molar-refractivity contribution in [1.82, 2.24) is 4.90 Å². The minimum Gasteiger partial charge on any atom is -0.300 e. The van der Waals surface area contributed by atoms with E-state index in [1.807, 2.05) is 0 Å². The Morgan fingerprint density at radius 3 is 2.27 bits per heavy atom. The van der Waals surface area contributed by atoms with Gasteiger partial charge in [-0.15, -0.1) is 0 Å². The third kappa shape index (κ3) is 3.48. The Hall–Kier alpha value is -0.0400. The van der Waals surface area contributed by atoms with E-state index in [-0.39, 0.29) is 0 Å². The first kappa shape index (κ1) is 13.0.